The van der Waals surface area contributed by atoms with E-state index in [1.54, 1.807) is 0 Å². The minimum Gasteiger partial charge on any atom is -0.228 e. The predicted octanol–water partition coefficient (Wildman–Crippen LogP) is 14.3. The normalized spacial score (nSPS) is 12.5. The minimum atomic E-state index is -0.509. The van der Waals surface area contributed by atoms with Crippen LogP contribution in [0.2, 0.25) is 0 Å². The van der Waals surface area contributed by atoms with Gasteiger partial charge in [0.15, 0.2) is 5.82 Å². The average molecular weight is 751 g/mol. The highest BCUT2D eigenvalue weighted by Gasteiger charge is 2.48. The number of hydrogen-bond acceptors (Lipinski definition) is 2. The Morgan fingerprint density at radius 3 is 1.49 bits per heavy atom. The Balaban J connectivity index is 1.10. The number of aromatic nitrogens is 2. The zero-order valence-corrected chi connectivity index (χ0v) is 32.3. The van der Waals surface area contributed by atoms with Crippen molar-refractivity contribution in [1.82, 2.24) is 9.97 Å². The van der Waals surface area contributed by atoms with E-state index in [4.69, 9.17) is 9.97 Å². The lowest BCUT2D eigenvalue weighted by atomic mass is 9.66. The third kappa shape index (κ3) is 5.80. The molecule has 276 valence electrons. The lowest BCUT2D eigenvalue weighted by Gasteiger charge is -2.35. The summed E-state index contributed by atoms with van der Waals surface area (Å²) in [6.07, 6.45) is 0. The topological polar surface area (TPSA) is 25.8 Å². The fraction of sp³-hybridized carbons (Fsp3) is 0.0175. The molecule has 10 aromatic rings. The third-order valence-electron chi connectivity index (χ3n) is 11.9. The van der Waals surface area contributed by atoms with E-state index in [1.807, 2.05) is 24.3 Å². The second-order valence-electron chi connectivity index (χ2n) is 15.3. The highest BCUT2D eigenvalue weighted by molar-refractivity contribution is 6.07. The zero-order valence-electron chi connectivity index (χ0n) is 32.3. The number of nitrogens with zero attached hydrogens (tertiary/aromatic N) is 2. The van der Waals surface area contributed by atoms with E-state index in [1.165, 1.54) is 55.3 Å². The molecule has 0 saturated heterocycles. The van der Waals surface area contributed by atoms with Gasteiger partial charge in [0.1, 0.15) is 0 Å². The van der Waals surface area contributed by atoms with Crippen LogP contribution in [0.25, 0.3) is 78.1 Å². The Morgan fingerprint density at radius 2 is 0.814 bits per heavy atom. The van der Waals surface area contributed by atoms with Gasteiger partial charge in [0, 0.05) is 16.7 Å². The largest absolute Gasteiger partial charge is 0.228 e. The van der Waals surface area contributed by atoms with Crippen molar-refractivity contribution < 1.29 is 0 Å². The van der Waals surface area contributed by atoms with Gasteiger partial charge in [-0.3, -0.25) is 0 Å². The molecule has 0 unspecified atom stereocenters. The molecule has 11 rings (SSSR count). The summed E-state index contributed by atoms with van der Waals surface area (Å²) >= 11 is 0. The molecule has 9 aromatic carbocycles. The maximum absolute atomic E-state index is 5.14. The van der Waals surface area contributed by atoms with E-state index in [9.17, 15) is 0 Å². The first kappa shape index (κ1) is 34.6. The standard InChI is InChI=1S/C57H38N2/c1-5-19-39(20-6-1)52-38-53(59-56(58-52)40-21-7-2-8-22-40)45-27-18-25-42(36-45)41-24-17-26-43(35-41)50-37-44-23-13-14-32-48(44)55-54(50)49-33-15-16-34-51(49)57(55,46-28-9-3-10-29-46)47-30-11-4-12-31-47/h1-38H. The molecule has 0 bridgehead atoms. The molecular weight excluding hydrogens is 713 g/mol. The van der Waals surface area contributed by atoms with Crippen LogP contribution in [-0.4, -0.2) is 9.97 Å². The lowest BCUT2D eigenvalue weighted by molar-refractivity contribution is 0.775. The molecule has 1 aliphatic carbocycles. The average Bonchev–Trinajstić information content (AvgIpc) is 3.64. The summed E-state index contributed by atoms with van der Waals surface area (Å²) in [4.78, 5) is 10.2. The second kappa shape index (κ2) is 14.4. The van der Waals surface area contributed by atoms with Crippen molar-refractivity contribution in [3.05, 3.63) is 253 Å². The van der Waals surface area contributed by atoms with Gasteiger partial charge in [-0.2, -0.15) is 0 Å². The molecule has 1 aliphatic rings. The van der Waals surface area contributed by atoms with Crippen LogP contribution >= 0.6 is 0 Å². The molecule has 0 N–H and O–H groups in total. The molecule has 0 spiro atoms. The van der Waals surface area contributed by atoms with E-state index in [-0.39, 0.29) is 0 Å². The highest BCUT2D eigenvalue weighted by Crippen LogP contribution is 2.60. The van der Waals surface area contributed by atoms with Crippen LogP contribution in [0.1, 0.15) is 22.3 Å². The van der Waals surface area contributed by atoms with Gasteiger partial charge in [0.05, 0.1) is 16.8 Å². The minimum absolute atomic E-state index is 0.509. The Kier molecular flexibility index (Phi) is 8.41. The molecule has 0 saturated carbocycles. The van der Waals surface area contributed by atoms with Crippen LogP contribution in [0.4, 0.5) is 0 Å². The molecule has 1 heterocycles. The molecule has 0 radical (unpaired) electrons. The molecule has 0 atom stereocenters. The maximum atomic E-state index is 5.14. The summed E-state index contributed by atoms with van der Waals surface area (Å²) in [5.41, 5.74) is 16.8. The van der Waals surface area contributed by atoms with Crippen molar-refractivity contribution in [3.63, 3.8) is 0 Å². The van der Waals surface area contributed by atoms with Crippen LogP contribution in [0.3, 0.4) is 0 Å². The second-order valence-corrected chi connectivity index (χ2v) is 15.3. The van der Waals surface area contributed by atoms with Crippen molar-refractivity contribution >= 4 is 10.8 Å². The van der Waals surface area contributed by atoms with Gasteiger partial charge in [-0.05, 0) is 90.7 Å². The molecule has 0 amide bonds. The Hall–Kier alpha value is -7.68. The fourth-order valence-electron chi connectivity index (χ4n) is 9.34. The van der Waals surface area contributed by atoms with E-state index in [0.29, 0.717) is 5.82 Å². The molecule has 0 aliphatic heterocycles. The first-order chi connectivity index (χ1) is 29.3. The zero-order chi connectivity index (χ0) is 39.2. The number of hydrogen-bond donors (Lipinski definition) is 0. The summed E-state index contributed by atoms with van der Waals surface area (Å²) in [5, 5.41) is 2.50. The highest BCUT2D eigenvalue weighted by atomic mass is 14.9. The van der Waals surface area contributed by atoms with Gasteiger partial charge in [0.25, 0.3) is 0 Å². The maximum Gasteiger partial charge on any atom is 0.160 e. The summed E-state index contributed by atoms with van der Waals surface area (Å²) in [6, 6.07) is 83.1. The molecule has 0 fully saturated rings. The lowest BCUT2D eigenvalue weighted by Crippen LogP contribution is -2.28. The summed E-state index contributed by atoms with van der Waals surface area (Å²) in [5.74, 6) is 0.710. The summed E-state index contributed by atoms with van der Waals surface area (Å²) < 4.78 is 0. The van der Waals surface area contributed by atoms with Crippen LogP contribution in [-0.2, 0) is 5.41 Å². The molecule has 2 nitrogen and oxygen atoms in total. The monoisotopic (exact) mass is 750 g/mol. The van der Waals surface area contributed by atoms with Crippen molar-refractivity contribution in [2.45, 2.75) is 5.41 Å². The van der Waals surface area contributed by atoms with Gasteiger partial charge in [-0.25, -0.2) is 9.97 Å². The predicted molar refractivity (Wildman–Crippen MR) is 244 cm³/mol. The van der Waals surface area contributed by atoms with Crippen LogP contribution in [0.15, 0.2) is 231 Å². The van der Waals surface area contributed by atoms with E-state index in [0.717, 1.165) is 39.2 Å². The number of fused-ring (bicyclic) bond motifs is 5. The first-order valence-electron chi connectivity index (χ1n) is 20.2. The SMILES string of the molecule is c1ccc(-c2cc(-c3cccc(-c4cccc(-c5cc6ccccc6c6c5-c5ccccc5C6(c5ccccc5)c5ccccc5)c4)c3)nc(-c3ccccc3)n2)cc1. The summed E-state index contributed by atoms with van der Waals surface area (Å²) in [6.45, 7) is 0. The Morgan fingerprint density at radius 1 is 0.322 bits per heavy atom. The number of benzene rings is 9. The molecular formula is C57H38N2. The van der Waals surface area contributed by atoms with Gasteiger partial charge in [0.2, 0.25) is 0 Å². The first-order valence-corrected chi connectivity index (χ1v) is 20.2. The molecule has 2 heteroatoms. The van der Waals surface area contributed by atoms with Gasteiger partial charge >= 0.3 is 0 Å². The quantitative estimate of drug-likeness (QED) is 0.162. The van der Waals surface area contributed by atoms with E-state index < -0.39 is 5.41 Å². The van der Waals surface area contributed by atoms with E-state index in [2.05, 4.69) is 206 Å². The Bertz CT molecular complexity index is 3040. The van der Waals surface area contributed by atoms with Crippen molar-refractivity contribution in [2.75, 3.05) is 0 Å². The fourth-order valence-corrected chi connectivity index (χ4v) is 9.34. The molecule has 59 heavy (non-hydrogen) atoms. The van der Waals surface area contributed by atoms with Crippen molar-refractivity contribution in [3.8, 4) is 67.3 Å². The van der Waals surface area contributed by atoms with Crippen molar-refractivity contribution in [1.29, 1.82) is 0 Å². The summed E-state index contributed by atoms with van der Waals surface area (Å²) in [7, 11) is 0. The Labute approximate surface area is 344 Å². The smallest absolute Gasteiger partial charge is 0.160 e. The van der Waals surface area contributed by atoms with Gasteiger partial charge in [-0.15, -0.1) is 0 Å². The van der Waals surface area contributed by atoms with Crippen LogP contribution in [0, 0.1) is 0 Å². The van der Waals surface area contributed by atoms with Crippen LogP contribution < -0.4 is 0 Å². The van der Waals surface area contributed by atoms with Gasteiger partial charge in [-0.1, -0.05) is 206 Å². The third-order valence-corrected chi connectivity index (χ3v) is 11.9. The van der Waals surface area contributed by atoms with Crippen LogP contribution in [0.5, 0.6) is 0 Å². The van der Waals surface area contributed by atoms with E-state index >= 15 is 0 Å². The molecule has 1 aromatic heterocycles. The van der Waals surface area contributed by atoms with Gasteiger partial charge < -0.3 is 0 Å². The van der Waals surface area contributed by atoms with Crippen molar-refractivity contribution in [2.24, 2.45) is 0 Å². The number of rotatable bonds is 7.